The summed E-state index contributed by atoms with van der Waals surface area (Å²) in [5.74, 6) is 5.63. The lowest BCUT2D eigenvalue weighted by molar-refractivity contribution is -0.0167. The van der Waals surface area contributed by atoms with E-state index in [1.165, 1.54) is 0 Å². The van der Waals surface area contributed by atoms with Crippen LogP contribution in [-0.2, 0) is 31.6 Å². The summed E-state index contributed by atoms with van der Waals surface area (Å²) in [6.45, 7) is 12.9. The van der Waals surface area contributed by atoms with Crippen LogP contribution in [0.5, 0.6) is 0 Å². The van der Waals surface area contributed by atoms with Gasteiger partial charge >= 0.3 is 23.5 Å². The van der Waals surface area contributed by atoms with Gasteiger partial charge in [0.2, 0.25) is 0 Å². The van der Waals surface area contributed by atoms with Crippen molar-refractivity contribution < 1.29 is 56.3 Å². The van der Waals surface area contributed by atoms with Gasteiger partial charge in [0.05, 0.1) is 18.8 Å². The predicted molar refractivity (Wildman–Crippen MR) is 111 cm³/mol. The van der Waals surface area contributed by atoms with Crippen molar-refractivity contribution in [3.8, 4) is 11.8 Å². The van der Waals surface area contributed by atoms with Crippen LogP contribution in [0.1, 0.15) is 61.3 Å². The van der Waals surface area contributed by atoms with Crippen molar-refractivity contribution in [2.24, 2.45) is 0 Å². The number of hydrogen-bond acceptors (Lipinski definition) is 8. The molecular weight excluding hydrogens is 465 g/mol. The van der Waals surface area contributed by atoms with E-state index in [2.05, 4.69) is 25.0 Å². The molecule has 182 valence electrons. The molecule has 0 aromatic rings. The molecule has 1 rings (SSSR count). The van der Waals surface area contributed by atoms with Gasteiger partial charge in [0.25, 0.3) is 0 Å². The minimum Gasteiger partial charge on any atom is -0.390 e. The minimum atomic E-state index is -5.53. The zero-order chi connectivity index (χ0) is 24.6. The zero-order valence-corrected chi connectivity index (χ0v) is 21.0. The number of aliphatic hydroxyl groups is 1. The van der Waals surface area contributed by atoms with Crippen molar-refractivity contribution in [1.82, 2.24) is 0 Å². The first kappa shape index (κ1) is 34.5. The Balaban J connectivity index is -0.000000692. The molecule has 12 nitrogen and oxygen atoms in total. The van der Waals surface area contributed by atoms with Crippen molar-refractivity contribution in [2.45, 2.75) is 79.6 Å². The lowest BCUT2D eigenvalue weighted by atomic mass is 10.1. The van der Waals surface area contributed by atoms with E-state index in [9.17, 15) is 18.8 Å². The molecular formula is C15H35O12P3. The molecule has 0 spiro atoms. The maximum absolute atomic E-state index is 11.4. The van der Waals surface area contributed by atoms with E-state index >= 15 is 0 Å². The van der Waals surface area contributed by atoms with E-state index in [4.69, 9.17) is 24.3 Å². The van der Waals surface area contributed by atoms with Gasteiger partial charge in [0.15, 0.2) is 0 Å². The van der Waals surface area contributed by atoms with Gasteiger partial charge in [0.1, 0.15) is 6.10 Å². The van der Waals surface area contributed by atoms with Gasteiger partial charge < -0.3 is 29.4 Å². The van der Waals surface area contributed by atoms with Gasteiger partial charge in [-0.15, -0.1) is 11.8 Å². The molecule has 0 aliphatic carbocycles. The number of hydrogen-bond donors (Lipinski definition) is 5. The third-order valence-corrected chi connectivity index (χ3v) is 6.38. The fraction of sp³-hybridized carbons (Fsp3) is 0.867. The highest BCUT2D eigenvalue weighted by Crippen LogP contribution is 2.66. The fourth-order valence-electron chi connectivity index (χ4n) is 1.73. The van der Waals surface area contributed by atoms with Crippen molar-refractivity contribution in [2.75, 3.05) is 6.61 Å². The molecule has 30 heavy (non-hydrogen) atoms. The molecule has 1 fully saturated rings. The first-order valence-corrected chi connectivity index (χ1v) is 13.7. The summed E-state index contributed by atoms with van der Waals surface area (Å²) in [4.78, 5) is 34.7. The summed E-state index contributed by atoms with van der Waals surface area (Å²) in [7, 11) is -16.1. The Morgan fingerprint density at radius 2 is 1.50 bits per heavy atom. The van der Waals surface area contributed by atoms with Crippen LogP contribution >= 0.6 is 23.5 Å². The van der Waals surface area contributed by atoms with Gasteiger partial charge in [-0.05, 0) is 13.8 Å². The molecule has 0 saturated carbocycles. The molecule has 0 bridgehead atoms. The summed E-state index contributed by atoms with van der Waals surface area (Å²) in [5, 5.41) is 9.49. The largest absolute Gasteiger partial charge is 0.490 e. The molecule has 1 heterocycles. The van der Waals surface area contributed by atoms with Crippen LogP contribution in [0.4, 0.5) is 0 Å². The smallest absolute Gasteiger partial charge is 0.390 e. The van der Waals surface area contributed by atoms with Crippen LogP contribution in [0.25, 0.3) is 0 Å². The molecule has 1 saturated heterocycles. The van der Waals surface area contributed by atoms with Crippen molar-refractivity contribution in [3.05, 3.63) is 0 Å². The monoisotopic (exact) mass is 500 g/mol. The highest BCUT2D eigenvalue weighted by atomic mass is 31.3. The molecule has 0 radical (unpaired) electrons. The average Bonchev–Trinajstić information content (AvgIpc) is 2.92. The van der Waals surface area contributed by atoms with Crippen LogP contribution < -0.4 is 0 Å². The van der Waals surface area contributed by atoms with Gasteiger partial charge in [-0.1, -0.05) is 34.6 Å². The fourth-order valence-corrected chi connectivity index (χ4v) is 4.76. The zero-order valence-electron chi connectivity index (χ0n) is 18.3. The van der Waals surface area contributed by atoms with Crippen LogP contribution in [0, 0.1) is 11.8 Å². The summed E-state index contributed by atoms with van der Waals surface area (Å²) in [6, 6.07) is 0. The number of phosphoric ester groups is 1. The second-order valence-electron chi connectivity index (χ2n) is 4.96. The van der Waals surface area contributed by atoms with Crippen LogP contribution in [-0.4, -0.2) is 49.6 Å². The van der Waals surface area contributed by atoms with E-state index in [1.54, 1.807) is 6.92 Å². The Hall–Kier alpha value is -0.110. The Morgan fingerprint density at radius 3 is 1.80 bits per heavy atom. The van der Waals surface area contributed by atoms with Crippen LogP contribution in [0.2, 0.25) is 0 Å². The molecule has 15 heteroatoms. The quantitative estimate of drug-likeness (QED) is 0.254. The Morgan fingerprint density at radius 1 is 1.00 bits per heavy atom. The van der Waals surface area contributed by atoms with Crippen molar-refractivity contribution in [3.63, 3.8) is 0 Å². The summed E-state index contributed by atoms with van der Waals surface area (Å²) in [6.07, 6.45) is -0.979. The highest BCUT2D eigenvalue weighted by molar-refractivity contribution is 7.66. The van der Waals surface area contributed by atoms with E-state index in [-0.39, 0.29) is 12.5 Å². The van der Waals surface area contributed by atoms with E-state index in [1.807, 2.05) is 41.5 Å². The van der Waals surface area contributed by atoms with Crippen molar-refractivity contribution in [1.29, 1.82) is 0 Å². The highest BCUT2D eigenvalue weighted by Gasteiger charge is 2.42. The third-order valence-electron chi connectivity index (χ3n) is 2.58. The topological polar surface area (TPSA) is 189 Å². The maximum Gasteiger partial charge on any atom is 0.490 e. The van der Waals surface area contributed by atoms with E-state index in [0.717, 1.165) is 6.42 Å². The van der Waals surface area contributed by atoms with E-state index < -0.39 is 42.3 Å². The Bertz CT molecular complexity index is 639. The van der Waals surface area contributed by atoms with Gasteiger partial charge in [-0.25, -0.2) is 13.7 Å². The molecule has 1 aliphatic heterocycles. The number of phosphoric acid groups is 3. The molecule has 5 N–H and O–H groups in total. The number of rotatable bonds is 7. The number of aliphatic hydroxyl groups excluding tert-OH is 1. The van der Waals surface area contributed by atoms with Crippen LogP contribution in [0.3, 0.4) is 0 Å². The lowest BCUT2D eigenvalue weighted by Crippen LogP contribution is -2.26. The molecule has 0 amide bonds. The summed E-state index contributed by atoms with van der Waals surface area (Å²) < 4.78 is 49.3. The van der Waals surface area contributed by atoms with Gasteiger partial charge in [-0.3, -0.25) is 4.52 Å². The summed E-state index contributed by atoms with van der Waals surface area (Å²) in [5.41, 5.74) is 0. The first-order valence-electron chi connectivity index (χ1n) is 9.22. The standard InChI is InChI=1S/C6H15O12P3.C5H8.2C2H6/c1-4-2-5(7)6(16-4)3-15-20(11,12)18-21(13,14)17-19(8,9)10;1-3-5-4-2;2*1-2/h4-7H,2-3H2,1H3,(H,11,12)(H,13,14)(H2,8,9,10);3H2,1-2H3;2*1-2H3/t4-,5?,6+;;;/m0.../s1. The SMILES string of the molecule is CC.CC.CC#CCC.C[C@H]1CC(O)[C@@H](COP(=O)(O)OP(=O)(O)OP(=O)(O)O)O1. The maximum atomic E-state index is 11.4. The summed E-state index contributed by atoms with van der Waals surface area (Å²) >= 11 is 0. The third kappa shape index (κ3) is 19.8. The molecule has 5 atom stereocenters. The second-order valence-corrected chi connectivity index (χ2v) is 9.38. The normalized spacial score (nSPS) is 24.1. The average molecular weight is 500 g/mol. The van der Waals surface area contributed by atoms with Crippen molar-refractivity contribution >= 4 is 23.5 Å². The van der Waals surface area contributed by atoms with Crippen LogP contribution in [0.15, 0.2) is 0 Å². The lowest BCUT2D eigenvalue weighted by Gasteiger charge is -2.19. The first-order chi connectivity index (χ1) is 13.7. The van der Waals surface area contributed by atoms with E-state index in [0.29, 0.717) is 0 Å². The van der Waals surface area contributed by atoms with Gasteiger partial charge in [0, 0.05) is 12.8 Å². The second kappa shape index (κ2) is 17.4. The molecule has 1 aliphatic rings. The Kier molecular flexibility index (Phi) is 20.1. The minimum absolute atomic E-state index is 0.268. The number of ether oxygens (including phenoxy) is 1. The molecule has 0 aromatic heterocycles. The molecule has 0 aromatic carbocycles. The predicted octanol–water partition coefficient (Wildman–Crippen LogP) is 3.34. The Labute approximate surface area is 178 Å². The molecule has 3 unspecified atom stereocenters. The van der Waals surface area contributed by atoms with Gasteiger partial charge in [-0.2, -0.15) is 8.62 Å².